The van der Waals surface area contributed by atoms with Gasteiger partial charge in [0.05, 0.1) is 17.4 Å². The van der Waals surface area contributed by atoms with E-state index in [9.17, 15) is 9.59 Å². The summed E-state index contributed by atoms with van der Waals surface area (Å²) in [7, 11) is 0. The molecule has 6 heteroatoms. The van der Waals surface area contributed by atoms with Gasteiger partial charge in [0.15, 0.2) is 0 Å². The Morgan fingerprint density at radius 2 is 1.71 bits per heavy atom. The number of carbonyl (C=O) groups excluding carboxylic acids is 2. The number of amides is 2. The van der Waals surface area contributed by atoms with Crippen LogP contribution in [-0.2, 0) is 22.4 Å². The van der Waals surface area contributed by atoms with Gasteiger partial charge in [0.1, 0.15) is 6.04 Å². The van der Waals surface area contributed by atoms with E-state index in [1.807, 2.05) is 60.7 Å². The van der Waals surface area contributed by atoms with Crippen LogP contribution in [0.15, 0.2) is 91.1 Å². The number of pyridine rings is 1. The van der Waals surface area contributed by atoms with Crippen molar-refractivity contribution in [3.63, 3.8) is 0 Å². The third kappa shape index (κ3) is 6.00. The zero-order chi connectivity index (χ0) is 23.8. The number of fused-ring (bicyclic) bond motifs is 1. The molecule has 172 valence electrons. The average Bonchev–Trinajstić information content (AvgIpc) is 2.88. The van der Waals surface area contributed by atoms with Gasteiger partial charge < -0.3 is 10.2 Å². The third-order valence-electron chi connectivity index (χ3n) is 5.75. The number of rotatable bonds is 10. The molecule has 4 aromatic rings. The molecule has 0 radical (unpaired) electrons. The summed E-state index contributed by atoms with van der Waals surface area (Å²) in [5, 5.41) is 4.55. The van der Waals surface area contributed by atoms with Crippen LogP contribution in [0.1, 0.15) is 17.5 Å². The summed E-state index contributed by atoms with van der Waals surface area (Å²) >= 11 is 6.03. The molecule has 1 aromatic heterocycles. The van der Waals surface area contributed by atoms with Crippen molar-refractivity contribution in [3.05, 3.63) is 107 Å². The lowest BCUT2D eigenvalue weighted by atomic mass is 10.0. The maximum Gasteiger partial charge on any atom is 0.243 e. The number of para-hydroxylation sites is 1. The lowest BCUT2D eigenvalue weighted by Gasteiger charge is -2.28. The van der Waals surface area contributed by atoms with Crippen LogP contribution in [-0.4, -0.2) is 29.9 Å². The topological polar surface area (TPSA) is 62.3 Å². The highest BCUT2D eigenvalue weighted by molar-refractivity contribution is 6.30. The van der Waals surface area contributed by atoms with Crippen molar-refractivity contribution < 1.29 is 9.59 Å². The van der Waals surface area contributed by atoms with E-state index in [0.29, 0.717) is 30.1 Å². The number of hydrogen-bond donors (Lipinski definition) is 1. The van der Waals surface area contributed by atoms with Crippen LogP contribution in [0.25, 0.3) is 10.9 Å². The van der Waals surface area contributed by atoms with Crippen molar-refractivity contribution in [1.29, 1.82) is 0 Å². The molecular formula is C28H26ClN3O2. The maximum atomic E-state index is 13.3. The first-order valence-electron chi connectivity index (χ1n) is 11.3. The van der Waals surface area contributed by atoms with Gasteiger partial charge >= 0.3 is 0 Å². The van der Waals surface area contributed by atoms with Crippen LogP contribution < -0.4 is 10.2 Å². The van der Waals surface area contributed by atoms with E-state index < -0.39 is 6.04 Å². The van der Waals surface area contributed by atoms with E-state index in [1.165, 1.54) is 10.5 Å². The van der Waals surface area contributed by atoms with Gasteiger partial charge in [-0.25, -0.2) is 0 Å². The quantitative estimate of drug-likeness (QED) is 0.255. The Balaban J connectivity index is 1.53. The van der Waals surface area contributed by atoms with E-state index in [1.54, 1.807) is 18.3 Å². The van der Waals surface area contributed by atoms with E-state index in [0.717, 1.165) is 29.3 Å². The molecule has 1 atom stereocenters. The molecule has 0 aliphatic heterocycles. The van der Waals surface area contributed by atoms with Crippen molar-refractivity contribution in [2.24, 2.45) is 0 Å². The highest BCUT2D eigenvalue weighted by Gasteiger charge is 2.27. The second kappa shape index (κ2) is 11.4. The molecule has 34 heavy (non-hydrogen) atoms. The van der Waals surface area contributed by atoms with E-state index >= 15 is 0 Å². The van der Waals surface area contributed by atoms with Gasteiger partial charge in [-0.05, 0) is 48.2 Å². The summed E-state index contributed by atoms with van der Waals surface area (Å²) in [6.45, 7) is 0.521. The molecule has 0 unspecified atom stereocenters. The zero-order valence-corrected chi connectivity index (χ0v) is 19.5. The second-order valence-electron chi connectivity index (χ2n) is 8.13. The molecule has 3 aromatic carbocycles. The van der Waals surface area contributed by atoms with Crippen molar-refractivity contribution in [2.75, 3.05) is 11.4 Å². The second-order valence-corrected chi connectivity index (χ2v) is 8.56. The third-order valence-corrected chi connectivity index (χ3v) is 6.00. The van der Waals surface area contributed by atoms with Gasteiger partial charge in [-0.1, -0.05) is 72.3 Å². The number of benzene rings is 3. The summed E-state index contributed by atoms with van der Waals surface area (Å²) in [5.74, 6) is -0.205. The molecule has 4 rings (SSSR count). The van der Waals surface area contributed by atoms with Crippen LogP contribution in [0, 0.1) is 0 Å². The summed E-state index contributed by atoms with van der Waals surface area (Å²) in [4.78, 5) is 31.5. The summed E-state index contributed by atoms with van der Waals surface area (Å²) < 4.78 is 0. The Bertz CT molecular complexity index is 1250. The first-order chi connectivity index (χ1) is 16.6. The van der Waals surface area contributed by atoms with Crippen molar-refractivity contribution in [2.45, 2.75) is 25.3 Å². The van der Waals surface area contributed by atoms with Crippen LogP contribution in [0.2, 0.25) is 5.02 Å². The largest absolute Gasteiger partial charge is 0.354 e. The van der Waals surface area contributed by atoms with Crippen LogP contribution in [0.3, 0.4) is 0 Å². The number of hydrogen-bond acceptors (Lipinski definition) is 3. The van der Waals surface area contributed by atoms with E-state index in [4.69, 9.17) is 11.6 Å². The fourth-order valence-electron chi connectivity index (χ4n) is 3.94. The van der Waals surface area contributed by atoms with E-state index in [-0.39, 0.29) is 5.91 Å². The van der Waals surface area contributed by atoms with E-state index in [2.05, 4.69) is 22.4 Å². The van der Waals surface area contributed by atoms with Crippen molar-refractivity contribution in [3.8, 4) is 0 Å². The smallest absolute Gasteiger partial charge is 0.243 e. The van der Waals surface area contributed by atoms with Gasteiger partial charge in [0, 0.05) is 23.4 Å². The molecule has 0 saturated carbocycles. The predicted molar refractivity (Wildman–Crippen MR) is 137 cm³/mol. The van der Waals surface area contributed by atoms with Gasteiger partial charge in [-0.2, -0.15) is 0 Å². The fraction of sp³-hybridized carbons (Fsp3) is 0.179. The molecule has 0 fully saturated rings. The van der Waals surface area contributed by atoms with Gasteiger partial charge in [0.2, 0.25) is 12.3 Å². The van der Waals surface area contributed by atoms with Gasteiger partial charge in [-0.3, -0.25) is 14.6 Å². The first-order valence-corrected chi connectivity index (χ1v) is 11.7. The van der Waals surface area contributed by atoms with Crippen molar-refractivity contribution in [1.82, 2.24) is 10.3 Å². The predicted octanol–water partition coefficient (Wildman–Crippen LogP) is 5.21. The zero-order valence-electron chi connectivity index (χ0n) is 18.7. The molecule has 0 aliphatic carbocycles. The Kier molecular flexibility index (Phi) is 7.89. The van der Waals surface area contributed by atoms with Crippen LogP contribution in [0.4, 0.5) is 5.69 Å². The number of carbonyl (C=O) groups is 2. The van der Waals surface area contributed by atoms with Gasteiger partial charge in [-0.15, -0.1) is 0 Å². The highest BCUT2D eigenvalue weighted by atomic mass is 35.5. The van der Waals surface area contributed by atoms with Gasteiger partial charge in [0.25, 0.3) is 0 Å². The lowest BCUT2D eigenvalue weighted by Crippen LogP contribution is -2.48. The molecule has 0 bridgehead atoms. The normalized spacial score (nSPS) is 11.7. The molecule has 2 amide bonds. The lowest BCUT2D eigenvalue weighted by molar-refractivity contribution is -0.123. The molecule has 0 aliphatic rings. The SMILES string of the molecule is O=CN(c1cnc2ccccc2c1)[C@@H](Cc1ccc(Cl)cc1)C(=O)NCCCc1ccccc1. The molecule has 5 nitrogen and oxygen atoms in total. The first kappa shape index (κ1) is 23.5. The maximum absolute atomic E-state index is 13.3. The monoisotopic (exact) mass is 471 g/mol. The molecule has 0 spiro atoms. The average molecular weight is 472 g/mol. The number of aryl methyl sites for hydroxylation is 1. The number of nitrogens with one attached hydrogen (secondary N) is 1. The molecule has 1 heterocycles. The Labute approximate surface area is 204 Å². The standard InChI is InChI=1S/C28H26ClN3O2/c29-24-14-12-22(13-15-24)17-27(28(34)30-16-6-9-21-7-2-1-3-8-21)32(20-33)25-18-23-10-4-5-11-26(23)31-19-25/h1-5,7-8,10-15,18-20,27H,6,9,16-17H2,(H,30,34)/t27-/m0/s1. The summed E-state index contributed by atoms with van der Waals surface area (Å²) in [6, 6.07) is 26.3. The number of nitrogens with zero attached hydrogens (tertiary/aromatic N) is 2. The Morgan fingerprint density at radius 3 is 2.47 bits per heavy atom. The number of anilines is 1. The minimum absolute atomic E-state index is 0.205. The van der Waals surface area contributed by atoms with Crippen LogP contribution >= 0.6 is 11.6 Å². The molecule has 1 N–H and O–H groups in total. The molecule has 0 saturated heterocycles. The van der Waals surface area contributed by atoms with Crippen LogP contribution in [0.5, 0.6) is 0 Å². The molecular weight excluding hydrogens is 446 g/mol. The Morgan fingerprint density at radius 1 is 0.971 bits per heavy atom. The number of aromatic nitrogens is 1. The van der Waals surface area contributed by atoms with Crippen molar-refractivity contribution >= 4 is 40.5 Å². The minimum Gasteiger partial charge on any atom is -0.354 e. The summed E-state index contributed by atoms with van der Waals surface area (Å²) in [5.41, 5.74) is 3.55. The minimum atomic E-state index is -0.724. The highest BCUT2D eigenvalue weighted by Crippen LogP contribution is 2.23. The fourth-order valence-corrected chi connectivity index (χ4v) is 4.07. The summed E-state index contributed by atoms with van der Waals surface area (Å²) in [6.07, 6.45) is 4.37. The Hall–Kier alpha value is -3.70. The number of halogens is 1.